The summed E-state index contributed by atoms with van der Waals surface area (Å²) in [7, 11) is 0. The number of aromatic amines is 1. The molecule has 1 fully saturated rings. The molecule has 0 atom stereocenters. The third-order valence-corrected chi connectivity index (χ3v) is 3.61. The number of nitrogens with zero attached hydrogens (tertiary/aromatic N) is 2. The van der Waals surface area contributed by atoms with Gasteiger partial charge in [-0.25, -0.2) is 5.10 Å². The second-order valence-electron chi connectivity index (χ2n) is 3.72. The van der Waals surface area contributed by atoms with Crippen molar-refractivity contribution < 1.29 is 5.11 Å². The number of nitrogen functional groups attached to an aromatic ring is 1. The van der Waals surface area contributed by atoms with E-state index in [1.165, 1.54) is 11.8 Å². The van der Waals surface area contributed by atoms with Crippen molar-refractivity contribution in [1.29, 1.82) is 0 Å². The Hall–Kier alpha value is -0.750. The van der Waals surface area contributed by atoms with Crippen molar-refractivity contribution in [3.8, 4) is 0 Å². The van der Waals surface area contributed by atoms with Crippen LogP contribution in [0.25, 0.3) is 0 Å². The topological polar surface area (TPSA) is 87.8 Å². The molecule has 1 aromatic rings. The van der Waals surface area contributed by atoms with Crippen molar-refractivity contribution in [3.05, 3.63) is 0 Å². The van der Waals surface area contributed by atoms with Crippen molar-refractivity contribution in [3.63, 3.8) is 0 Å². The molecule has 0 radical (unpaired) electrons. The second-order valence-corrected chi connectivity index (χ2v) is 4.67. The third kappa shape index (κ3) is 2.19. The molecule has 0 spiro atoms. The molecule has 2 rings (SSSR count). The van der Waals surface area contributed by atoms with E-state index in [0.29, 0.717) is 16.9 Å². The smallest absolute Gasteiger partial charge is 0.216 e. The lowest BCUT2D eigenvalue weighted by Crippen LogP contribution is -2.27. The minimum Gasteiger partial charge on any atom is -0.389 e. The molecule has 5 nitrogen and oxygen atoms in total. The SMILES string of the molecule is Nc1nc(SCC2(O)CCCC2)n[nH]1. The van der Waals surface area contributed by atoms with Crippen LogP contribution in [0.4, 0.5) is 5.95 Å². The minimum absolute atomic E-state index is 0.325. The van der Waals surface area contributed by atoms with Crippen LogP contribution in [0.2, 0.25) is 0 Å². The lowest BCUT2D eigenvalue weighted by molar-refractivity contribution is 0.0732. The van der Waals surface area contributed by atoms with E-state index in [9.17, 15) is 5.11 Å². The van der Waals surface area contributed by atoms with Crippen LogP contribution in [0.1, 0.15) is 25.7 Å². The fraction of sp³-hybridized carbons (Fsp3) is 0.750. The second kappa shape index (κ2) is 3.78. The van der Waals surface area contributed by atoms with Crippen LogP contribution in [0.15, 0.2) is 5.16 Å². The number of hydrogen-bond acceptors (Lipinski definition) is 5. The molecule has 0 unspecified atom stereocenters. The highest BCUT2D eigenvalue weighted by Crippen LogP contribution is 2.33. The van der Waals surface area contributed by atoms with E-state index in [1.54, 1.807) is 0 Å². The molecular formula is C8H14N4OS. The standard InChI is InChI=1S/C8H14N4OS/c9-6-10-7(12-11-6)14-5-8(13)3-1-2-4-8/h13H,1-5H2,(H3,9,10,11,12). The Labute approximate surface area is 86.5 Å². The zero-order valence-electron chi connectivity index (χ0n) is 7.86. The largest absolute Gasteiger partial charge is 0.389 e. The number of aromatic nitrogens is 3. The summed E-state index contributed by atoms with van der Waals surface area (Å²) in [4.78, 5) is 3.97. The first-order chi connectivity index (χ1) is 6.68. The predicted octanol–water partition coefficient (Wildman–Crippen LogP) is 0.784. The number of thioether (sulfide) groups is 1. The van der Waals surface area contributed by atoms with Crippen LogP contribution in [0.5, 0.6) is 0 Å². The van der Waals surface area contributed by atoms with Crippen molar-refractivity contribution in [2.75, 3.05) is 11.5 Å². The van der Waals surface area contributed by atoms with Crippen LogP contribution < -0.4 is 5.73 Å². The molecule has 6 heteroatoms. The molecule has 1 saturated carbocycles. The fourth-order valence-electron chi connectivity index (χ4n) is 1.70. The Bertz CT molecular complexity index is 308. The Morgan fingerprint density at radius 3 is 2.79 bits per heavy atom. The number of nitrogens with two attached hydrogens (primary N) is 1. The van der Waals surface area contributed by atoms with Gasteiger partial charge in [0.15, 0.2) is 0 Å². The highest BCUT2D eigenvalue weighted by atomic mass is 32.2. The summed E-state index contributed by atoms with van der Waals surface area (Å²) in [6.07, 6.45) is 4.01. The number of aliphatic hydroxyl groups is 1. The van der Waals surface area contributed by atoms with Crippen LogP contribution >= 0.6 is 11.8 Å². The van der Waals surface area contributed by atoms with Gasteiger partial charge in [0.2, 0.25) is 11.1 Å². The normalized spacial score (nSPS) is 20.1. The Morgan fingerprint density at radius 2 is 2.21 bits per heavy atom. The van der Waals surface area contributed by atoms with Gasteiger partial charge in [-0.3, -0.25) is 0 Å². The zero-order chi connectivity index (χ0) is 10.0. The minimum atomic E-state index is -0.514. The monoisotopic (exact) mass is 214 g/mol. The molecule has 1 aromatic heterocycles. The molecule has 4 N–H and O–H groups in total. The van der Waals surface area contributed by atoms with Crippen molar-refractivity contribution in [1.82, 2.24) is 15.2 Å². The number of hydrogen-bond donors (Lipinski definition) is 3. The molecule has 0 saturated heterocycles. The molecule has 1 aliphatic carbocycles. The summed E-state index contributed by atoms with van der Waals surface area (Å²) < 4.78 is 0. The fourth-order valence-corrected chi connectivity index (χ4v) is 2.66. The Balaban J connectivity index is 1.87. The highest BCUT2D eigenvalue weighted by molar-refractivity contribution is 7.99. The van der Waals surface area contributed by atoms with Gasteiger partial charge in [-0.05, 0) is 12.8 Å². The summed E-state index contributed by atoms with van der Waals surface area (Å²) in [5.41, 5.74) is 4.88. The Kier molecular flexibility index (Phi) is 2.64. The van der Waals surface area contributed by atoms with E-state index >= 15 is 0 Å². The quantitative estimate of drug-likeness (QED) is 0.647. The van der Waals surface area contributed by atoms with E-state index in [0.717, 1.165) is 25.7 Å². The lowest BCUT2D eigenvalue weighted by Gasteiger charge is -2.19. The van der Waals surface area contributed by atoms with Gasteiger partial charge in [0.1, 0.15) is 0 Å². The van der Waals surface area contributed by atoms with Gasteiger partial charge in [0, 0.05) is 5.75 Å². The maximum absolute atomic E-state index is 10.0. The zero-order valence-corrected chi connectivity index (χ0v) is 8.68. The summed E-state index contributed by atoms with van der Waals surface area (Å²) in [5, 5.41) is 17.1. The lowest BCUT2D eigenvalue weighted by atomic mass is 10.1. The van der Waals surface area contributed by atoms with Gasteiger partial charge >= 0.3 is 0 Å². The number of nitrogens with one attached hydrogen (secondary N) is 1. The maximum Gasteiger partial charge on any atom is 0.216 e. The number of anilines is 1. The molecule has 0 aromatic carbocycles. The van der Waals surface area contributed by atoms with Gasteiger partial charge < -0.3 is 10.8 Å². The number of rotatable bonds is 3. The van der Waals surface area contributed by atoms with E-state index in [1.807, 2.05) is 0 Å². The van der Waals surface area contributed by atoms with Gasteiger partial charge in [0.25, 0.3) is 0 Å². The average molecular weight is 214 g/mol. The van der Waals surface area contributed by atoms with Crippen LogP contribution in [-0.4, -0.2) is 31.6 Å². The van der Waals surface area contributed by atoms with E-state index < -0.39 is 5.60 Å². The average Bonchev–Trinajstić information content (AvgIpc) is 2.73. The number of H-pyrrole nitrogens is 1. The Morgan fingerprint density at radius 1 is 1.50 bits per heavy atom. The third-order valence-electron chi connectivity index (χ3n) is 2.49. The summed E-state index contributed by atoms with van der Waals surface area (Å²) in [6, 6.07) is 0. The maximum atomic E-state index is 10.0. The van der Waals surface area contributed by atoms with E-state index in [-0.39, 0.29) is 0 Å². The van der Waals surface area contributed by atoms with Crippen molar-refractivity contribution >= 4 is 17.7 Å². The summed E-state index contributed by atoms with van der Waals surface area (Å²) in [5.74, 6) is 0.982. The molecule has 1 heterocycles. The van der Waals surface area contributed by atoms with Crippen LogP contribution in [-0.2, 0) is 0 Å². The molecule has 1 aliphatic rings. The molecule has 0 aliphatic heterocycles. The van der Waals surface area contributed by atoms with Gasteiger partial charge in [-0.1, -0.05) is 24.6 Å². The first-order valence-corrected chi connectivity index (χ1v) is 5.70. The van der Waals surface area contributed by atoms with Gasteiger partial charge in [0.05, 0.1) is 5.60 Å². The van der Waals surface area contributed by atoms with Crippen LogP contribution in [0.3, 0.4) is 0 Å². The highest BCUT2D eigenvalue weighted by Gasteiger charge is 2.31. The van der Waals surface area contributed by atoms with Gasteiger partial charge in [-0.15, -0.1) is 5.10 Å². The first-order valence-electron chi connectivity index (χ1n) is 4.71. The van der Waals surface area contributed by atoms with E-state index in [2.05, 4.69) is 15.2 Å². The molecule has 14 heavy (non-hydrogen) atoms. The summed E-state index contributed by atoms with van der Waals surface area (Å²) in [6.45, 7) is 0. The van der Waals surface area contributed by atoms with Crippen LogP contribution in [0, 0.1) is 0 Å². The first kappa shape index (κ1) is 9.79. The van der Waals surface area contributed by atoms with Crippen molar-refractivity contribution in [2.24, 2.45) is 0 Å². The van der Waals surface area contributed by atoms with Gasteiger partial charge in [-0.2, -0.15) is 4.98 Å². The van der Waals surface area contributed by atoms with Crippen molar-refractivity contribution in [2.45, 2.75) is 36.4 Å². The molecular weight excluding hydrogens is 200 g/mol. The molecule has 0 amide bonds. The summed E-state index contributed by atoms with van der Waals surface area (Å²) >= 11 is 1.45. The predicted molar refractivity (Wildman–Crippen MR) is 54.9 cm³/mol. The van der Waals surface area contributed by atoms with E-state index in [4.69, 9.17) is 5.73 Å². The molecule has 0 bridgehead atoms. The molecule has 78 valence electrons.